The van der Waals surface area contributed by atoms with Crippen LogP contribution in [0.4, 0.5) is 16.0 Å². The van der Waals surface area contributed by atoms with E-state index in [4.69, 9.17) is 0 Å². The lowest BCUT2D eigenvalue weighted by Gasteiger charge is -2.17. The van der Waals surface area contributed by atoms with Crippen molar-refractivity contribution < 1.29 is 9.18 Å². The Morgan fingerprint density at radius 3 is 2.56 bits per heavy atom. The zero-order valence-corrected chi connectivity index (χ0v) is 14.4. The first-order valence-corrected chi connectivity index (χ1v) is 8.80. The number of carbonyl (C=O) groups is 1. The lowest BCUT2D eigenvalue weighted by molar-refractivity contribution is 0.102. The summed E-state index contributed by atoms with van der Waals surface area (Å²) in [5, 5.41) is 5.92. The summed E-state index contributed by atoms with van der Waals surface area (Å²) in [6.45, 7) is 1.82. The minimum Gasteiger partial charge on any atom is -0.351 e. The predicted octanol–water partition coefficient (Wildman–Crippen LogP) is 4.31. The second-order valence-corrected chi connectivity index (χ2v) is 6.48. The molecule has 25 heavy (non-hydrogen) atoms. The number of hydrogen-bond acceptors (Lipinski definition) is 4. The summed E-state index contributed by atoms with van der Waals surface area (Å²) in [4.78, 5) is 21.1. The summed E-state index contributed by atoms with van der Waals surface area (Å²) < 4.78 is 13.7. The molecule has 1 aliphatic carbocycles. The monoisotopic (exact) mass is 342 g/mol. The summed E-state index contributed by atoms with van der Waals surface area (Å²) in [7, 11) is 0. The molecule has 1 aromatic carbocycles. The zero-order chi connectivity index (χ0) is 17.6. The summed E-state index contributed by atoms with van der Waals surface area (Å²) in [5.41, 5.74) is 1.07. The van der Waals surface area contributed by atoms with Crippen molar-refractivity contribution in [2.45, 2.75) is 51.5 Å². The minimum absolute atomic E-state index is 0.141. The van der Waals surface area contributed by atoms with Crippen LogP contribution in [0.2, 0.25) is 0 Å². The maximum atomic E-state index is 13.7. The Labute approximate surface area is 147 Å². The van der Waals surface area contributed by atoms with Gasteiger partial charge in [0.25, 0.3) is 5.91 Å². The standard InChI is InChI=1S/C19H23FN4O/c1-13-12-17(18(25)23-16-11-7-6-10-15(16)20)24-19(21-13)22-14-8-4-2-3-5-9-14/h6-7,10-12,14H,2-5,8-9H2,1H3,(H,23,25)(H,21,22,24). The molecule has 0 bridgehead atoms. The first-order chi connectivity index (χ1) is 12.1. The van der Waals surface area contributed by atoms with E-state index in [2.05, 4.69) is 20.6 Å². The number of hydrogen-bond donors (Lipinski definition) is 2. The molecular formula is C19H23FN4O. The van der Waals surface area contributed by atoms with Gasteiger partial charge in [-0.2, -0.15) is 0 Å². The molecule has 6 heteroatoms. The predicted molar refractivity (Wildman–Crippen MR) is 96.2 cm³/mol. The third-order valence-electron chi connectivity index (χ3n) is 4.40. The number of halogens is 1. The van der Waals surface area contributed by atoms with Crippen molar-refractivity contribution in [1.29, 1.82) is 0 Å². The maximum Gasteiger partial charge on any atom is 0.274 e. The number of amides is 1. The second kappa shape index (κ2) is 8.05. The number of benzene rings is 1. The fourth-order valence-electron chi connectivity index (χ4n) is 3.10. The number of nitrogens with one attached hydrogen (secondary N) is 2. The van der Waals surface area contributed by atoms with Crippen LogP contribution in [0.3, 0.4) is 0 Å². The minimum atomic E-state index is -0.474. The quantitative estimate of drug-likeness (QED) is 0.813. The normalized spacial score (nSPS) is 15.4. The molecule has 132 valence electrons. The lowest BCUT2D eigenvalue weighted by Crippen LogP contribution is -2.22. The van der Waals surface area contributed by atoms with Crippen molar-refractivity contribution in [2.75, 3.05) is 10.6 Å². The highest BCUT2D eigenvalue weighted by Gasteiger charge is 2.16. The SMILES string of the molecule is Cc1cc(C(=O)Nc2ccccc2F)nc(NC2CCCCCC2)n1. The van der Waals surface area contributed by atoms with E-state index in [-0.39, 0.29) is 11.4 Å². The summed E-state index contributed by atoms with van der Waals surface area (Å²) >= 11 is 0. The molecule has 0 spiro atoms. The van der Waals surface area contributed by atoms with Crippen LogP contribution in [-0.4, -0.2) is 21.9 Å². The molecule has 1 heterocycles. The van der Waals surface area contributed by atoms with Crippen molar-refractivity contribution in [1.82, 2.24) is 9.97 Å². The van der Waals surface area contributed by atoms with Gasteiger partial charge in [0, 0.05) is 11.7 Å². The molecular weight excluding hydrogens is 319 g/mol. The first kappa shape index (κ1) is 17.3. The third-order valence-corrected chi connectivity index (χ3v) is 4.40. The Kier molecular flexibility index (Phi) is 5.58. The van der Waals surface area contributed by atoms with Crippen LogP contribution in [0.5, 0.6) is 0 Å². The van der Waals surface area contributed by atoms with Crippen molar-refractivity contribution in [3.8, 4) is 0 Å². The third kappa shape index (κ3) is 4.75. The molecule has 3 rings (SSSR count). The van der Waals surface area contributed by atoms with Gasteiger partial charge < -0.3 is 10.6 Å². The van der Waals surface area contributed by atoms with Gasteiger partial charge in [0.1, 0.15) is 11.5 Å². The smallest absolute Gasteiger partial charge is 0.274 e. The molecule has 2 N–H and O–H groups in total. The van der Waals surface area contributed by atoms with E-state index in [1.54, 1.807) is 18.2 Å². The van der Waals surface area contributed by atoms with Gasteiger partial charge in [-0.15, -0.1) is 0 Å². The van der Waals surface area contributed by atoms with E-state index in [0.717, 1.165) is 12.8 Å². The van der Waals surface area contributed by atoms with Gasteiger partial charge in [-0.3, -0.25) is 4.79 Å². The van der Waals surface area contributed by atoms with Crippen LogP contribution in [0.15, 0.2) is 30.3 Å². The van der Waals surface area contributed by atoms with Crippen LogP contribution < -0.4 is 10.6 Å². The topological polar surface area (TPSA) is 66.9 Å². The fraction of sp³-hybridized carbons (Fsp3) is 0.421. The molecule has 1 saturated carbocycles. The van der Waals surface area contributed by atoms with Crippen molar-refractivity contribution >= 4 is 17.5 Å². The van der Waals surface area contributed by atoms with Gasteiger partial charge in [-0.1, -0.05) is 37.8 Å². The highest BCUT2D eigenvalue weighted by molar-refractivity contribution is 6.03. The van der Waals surface area contributed by atoms with Gasteiger partial charge in [0.15, 0.2) is 0 Å². The lowest BCUT2D eigenvalue weighted by atomic mass is 10.1. The van der Waals surface area contributed by atoms with E-state index in [0.29, 0.717) is 17.7 Å². The Hall–Kier alpha value is -2.50. The number of anilines is 2. The number of carbonyl (C=O) groups excluding carboxylic acids is 1. The molecule has 2 aromatic rings. The molecule has 0 saturated heterocycles. The average Bonchev–Trinajstić information content (AvgIpc) is 2.85. The van der Waals surface area contributed by atoms with Gasteiger partial charge in [0.2, 0.25) is 5.95 Å². The van der Waals surface area contributed by atoms with Crippen LogP contribution in [0.1, 0.15) is 54.7 Å². The van der Waals surface area contributed by atoms with Crippen LogP contribution in [0, 0.1) is 12.7 Å². The van der Waals surface area contributed by atoms with E-state index < -0.39 is 11.7 Å². The summed E-state index contributed by atoms with van der Waals surface area (Å²) in [5.74, 6) is -0.455. The Morgan fingerprint density at radius 2 is 1.84 bits per heavy atom. The van der Waals surface area contributed by atoms with Crippen LogP contribution in [-0.2, 0) is 0 Å². The van der Waals surface area contributed by atoms with E-state index in [9.17, 15) is 9.18 Å². The average molecular weight is 342 g/mol. The Bertz CT molecular complexity index is 742. The first-order valence-electron chi connectivity index (χ1n) is 8.80. The van der Waals surface area contributed by atoms with Crippen LogP contribution in [0.25, 0.3) is 0 Å². The zero-order valence-electron chi connectivity index (χ0n) is 14.4. The van der Waals surface area contributed by atoms with E-state index >= 15 is 0 Å². The number of nitrogens with zero attached hydrogens (tertiary/aromatic N) is 2. The Morgan fingerprint density at radius 1 is 1.12 bits per heavy atom. The fourth-order valence-corrected chi connectivity index (χ4v) is 3.10. The van der Waals surface area contributed by atoms with Crippen molar-refractivity contribution in [3.63, 3.8) is 0 Å². The number of rotatable bonds is 4. The van der Waals surface area contributed by atoms with Gasteiger partial charge in [0.05, 0.1) is 5.69 Å². The second-order valence-electron chi connectivity index (χ2n) is 6.48. The molecule has 0 unspecified atom stereocenters. The summed E-state index contributed by atoms with van der Waals surface area (Å²) in [6, 6.07) is 8.02. The molecule has 0 atom stereocenters. The van der Waals surface area contributed by atoms with E-state index in [1.807, 2.05) is 6.92 Å². The molecule has 1 aromatic heterocycles. The number of para-hydroxylation sites is 1. The van der Waals surface area contributed by atoms with Gasteiger partial charge in [-0.05, 0) is 38.0 Å². The molecule has 0 radical (unpaired) electrons. The van der Waals surface area contributed by atoms with Gasteiger partial charge >= 0.3 is 0 Å². The number of aromatic nitrogens is 2. The molecule has 5 nitrogen and oxygen atoms in total. The van der Waals surface area contributed by atoms with Gasteiger partial charge in [-0.25, -0.2) is 14.4 Å². The maximum absolute atomic E-state index is 13.7. The molecule has 0 aliphatic heterocycles. The van der Waals surface area contributed by atoms with E-state index in [1.165, 1.54) is 37.8 Å². The summed E-state index contributed by atoms with van der Waals surface area (Å²) in [6.07, 6.45) is 7.11. The molecule has 1 amide bonds. The molecule has 1 aliphatic rings. The highest BCUT2D eigenvalue weighted by Crippen LogP contribution is 2.20. The Balaban J connectivity index is 1.74. The van der Waals surface area contributed by atoms with Crippen molar-refractivity contribution in [3.05, 3.63) is 47.5 Å². The van der Waals surface area contributed by atoms with Crippen molar-refractivity contribution in [2.24, 2.45) is 0 Å². The molecule has 1 fully saturated rings. The highest BCUT2D eigenvalue weighted by atomic mass is 19.1. The number of aryl methyl sites for hydroxylation is 1. The largest absolute Gasteiger partial charge is 0.351 e. The van der Waals surface area contributed by atoms with Crippen LogP contribution >= 0.6 is 0 Å².